The molecule has 0 bridgehead atoms. The van der Waals surface area contributed by atoms with Crippen LogP contribution in [-0.2, 0) is 29.1 Å². The first kappa shape index (κ1) is 8.96. The van der Waals surface area contributed by atoms with E-state index in [1.54, 1.807) is 0 Å². The Morgan fingerprint density at radius 1 is 1.60 bits per heavy atom. The van der Waals surface area contributed by atoms with Gasteiger partial charge < -0.3 is 4.79 Å². The number of rotatable bonds is 0. The van der Waals surface area contributed by atoms with Crippen LogP contribution in [0.15, 0.2) is 0 Å². The summed E-state index contributed by atoms with van der Waals surface area (Å²) >= 11 is 0.194. The molecule has 29 valence electrons. The normalized spacial score (nSPS) is 3.20. The molecule has 0 amide bonds. The van der Waals surface area contributed by atoms with Crippen LogP contribution in [0.25, 0.3) is 0 Å². The van der Waals surface area contributed by atoms with Crippen LogP contribution in [0, 0.1) is 0 Å². The Kier molecular flexibility index (Phi) is 53.1. The molecule has 0 heterocycles. The first-order chi connectivity index (χ1) is 2.41. The molecular formula is C2H4O2Ta. The third-order valence-electron chi connectivity index (χ3n) is 0. The molecule has 0 unspecified atom stereocenters. The third-order valence-corrected chi connectivity index (χ3v) is 0. The molecule has 0 aliphatic rings. The zero-order valence-electron chi connectivity index (χ0n) is 2.84. The van der Waals surface area contributed by atoms with Crippen LogP contribution < -0.4 is 0 Å². The number of aldehydes is 1. The molecule has 0 N–H and O–H groups in total. The molecule has 0 radical (unpaired) electrons. The molecule has 0 atom stereocenters. The summed E-state index contributed by atoms with van der Waals surface area (Å²) in [5.74, 6) is 0. The average molecular weight is 241 g/mol. The van der Waals surface area contributed by atoms with Crippen molar-refractivity contribution >= 4 is 6.29 Å². The van der Waals surface area contributed by atoms with Crippen LogP contribution in [-0.4, -0.2) is 6.29 Å². The van der Waals surface area contributed by atoms with Crippen LogP contribution in [0.1, 0.15) is 6.92 Å². The van der Waals surface area contributed by atoms with Crippen molar-refractivity contribution in [3.63, 3.8) is 0 Å². The summed E-state index contributed by atoms with van der Waals surface area (Å²) < 4.78 is 8.36. The van der Waals surface area contributed by atoms with E-state index in [0.717, 1.165) is 6.29 Å². The van der Waals surface area contributed by atoms with E-state index in [0.29, 0.717) is 0 Å². The Hall–Kier alpha value is 0.210. The number of hydrogen-bond donors (Lipinski definition) is 0. The van der Waals surface area contributed by atoms with Gasteiger partial charge in [-0.2, -0.15) is 0 Å². The van der Waals surface area contributed by atoms with Crippen molar-refractivity contribution in [2.24, 2.45) is 0 Å². The van der Waals surface area contributed by atoms with E-state index in [9.17, 15) is 0 Å². The summed E-state index contributed by atoms with van der Waals surface area (Å²) in [4.78, 5) is 8.81. The summed E-state index contributed by atoms with van der Waals surface area (Å²) in [6.45, 7) is 1.44. The molecule has 3 heteroatoms. The summed E-state index contributed by atoms with van der Waals surface area (Å²) in [5, 5.41) is 0. The molecule has 0 saturated carbocycles. The van der Waals surface area contributed by atoms with Gasteiger partial charge in [0.2, 0.25) is 0 Å². The van der Waals surface area contributed by atoms with Crippen LogP contribution in [0.2, 0.25) is 0 Å². The first-order valence-corrected chi connectivity index (χ1v) is 2.31. The molecule has 0 saturated heterocycles. The van der Waals surface area contributed by atoms with Crippen LogP contribution in [0.5, 0.6) is 0 Å². The SMILES string of the molecule is CC=O.[O]=[Ta]. The second-order valence-corrected chi connectivity index (χ2v) is 0.236. The van der Waals surface area contributed by atoms with Gasteiger partial charge in [0.05, 0.1) is 0 Å². The monoisotopic (exact) mass is 241 g/mol. The summed E-state index contributed by atoms with van der Waals surface area (Å²) in [5.41, 5.74) is 0. The second-order valence-electron chi connectivity index (χ2n) is 0.236. The van der Waals surface area contributed by atoms with Gasteiger partial charge >= 0.3 is 24.3 Å². The van der Waals surface area contributed by atoms with Crippen molar-refractivity contribution in [1.29, 1.82) is 0 Å². The van der Waals surface area contributed by atoms with Crippen LogP contribution >= 0.6 is 0 Å². The molecule has 0 aromatic heterocycles. The fourth-order valence-corrected chi connectivity index (χ4v) is 0. The Bertz CT molecular complexity index is 21.6. The Morgan fingerprint density at radius 3 is 1.60 bits per heavy atom. The van der Waals surface area contributed by atoms with Gasteiger partial charge in [-0.05, 0) is 6.92 Å². The molecule has 0 rings (SSSR count). The fourth-order valence-electron chi connectivity index (χ4n) is 0. The minimum absolute atomic E-state index is 0.194. The number of hydrogen-bond acceptors (Lipinski definition) is 2. The zero-order chi connectivity index (χ0) is 4.71. The molecule has 0 fully saturated rings. The van der Waals surface area contributed by atoms with Gasteiger partial charge in [0.15, 0.2) is 0 Å². The average Bonchev–Trinajstić information content (AvgIpc) is 1.46. The Balaban J connectivity index is 0. The van der Waals surface area contributed by atoms with Crippen LogP contribution in [0.4, 0.5) is 0 Å². The van der Waals surface area contributed by atoms with E-state index >= 15 is 0 Å². The molecule has 2 nitrogen and oxygen atoms in total. The standard InChI is InChI=1S/C2H4O.O.Ta/c1-2-3;;/h2H,1H3;;. The summed E-state index contributed by atoms with van der Waals surface area (Å²) in [7, 11) is 0. The van der Waals surface area contributed by atoms with Crippen molar-refractivity contribution in [3.05, 3.63) is 0 Å². The van der Waals surface area contributed by atoms with Gasteiger partial charge in [-0.25, -0.2) is 0 Å². The van der Waals surface area contributed by atoms with Gasteiger partial charge in [-0.3, -0.25) is 0 Å². The third kappa shape index (κ3) is 465. The maximum absolute atomic E-state index is 8.81. The van der Waals surface area contributed by atoms with Gasteiger partial charge in [-0.15, -0.1) is 0 Å². The van der Waals surface area contributed by atoms with Gasteiger partial charge in [-0.1, -0.05) is 0 Å². The van der Waals surface area contributed by atoms with Crippen molar-refractivity contribution < 1.29 is 29.1 Å². The van der Waals surface area contributed by atoms with Crippen molar-refractivity contribution in [1.82, 2.24) is 0 Å². The van der Waals surface area contributed by atoms with E-state index in [1.165, 1.54) is 6.92 Å². The van der Waals surface area contributed by atoms with E-state index in [1.807, 2.05) is 0 Å². The minimum atomic E-state index is 0.194. The molecule has 0 aliphatic heterocycles. The van der Waals surface area contributed by atoms with Gasteiger partial charge in [0, 0.05) is 0 Å². The second kappa shape index (κ2) is 29.6. The van der Waals surface area contributed by atoms with Crippen molar-refractivity contribution in [3.8, 4) is 0 Å². The predicted molar refractivity (Wildman–Crippen MR) is 12.4 cm³/mol. The van der Waals surface area contributed by atoms with E-state index in [4.69, 9.17) is 8.04 Å². The molecule has 0 aromatic rings. The van der Waals surface area contributed by atoms with Crippen molar-refractivity contribution in [2.75, 3.05) is 0 Å². The topological polar surface area (TPSA) is 34.1 Å². The Morgan fingerprint density at radius 2 is 1.60 bits per heavy atom. The predicted octanol–water partition coefficient (Wildman–Crippen LogP) is 0.0839. The van der Waals surface area contributed by atoms with Crippen molar-refractivity contribution in [2.45, 2.75) is 6.92 Å². The quantitative estimate of drug-likeness (QED) is 0.563. The van der Waals surface area contributed by atoms with Crippen LogP contribution in [0.3, 0.4) is 0 Å². The van der Waals surface area contributed by atoms with Gasteiger partial charge in [0.25, 0.3) is 0 Å². The molecule has 0 aliphatic carbocycles. The Labute approximate surface area is 42.8 Å². The van der Waals surface area contributed by atoms with Gasteiger partial charge in [0.1, 0.15) is 6.29 Å². The van der Waals surface area contributed by atoms with E-state index < -0.39 is 0 Å². The fraction of sp³-hybridized carbons (Fsp3) is 0.500. The number of carbonyl (C=O) groups excluding carboxylic acids is 1. The zero-order valence-corrected chi connectivity index (χ0v) is 6.05. The molecular weight excluding hydrogens is 237 g/mol. The molecule has 0 spiro atoms. The number of carbonyl (C=O) groups is 1. The van der Waals surface area contributed by atoms with E-state index in [-0.39, 0.29) is 21.0 Å². The molecule has 5 heavy (non-hydrogen) atoms. The maximum atomic E-state index is 8.81. The van der Waals surface area contributed by atoms with E-state index in [2.05, 4.69) is 0 Å². The summed E-state index contributed by atoms with van der Waals surface area (Å²) in [6.07, 6.45) is 0.750. The first-order valence-electron chi connectivity index (χ1n) is 0.996. The molecule has 0 aromatic carbocycles. The summed E-state index contributed by atoms with van der Waals surface area (Å²) in [6, 6.07) is 0.